The van der Waals surface area contributed by atoms with Gasteiger partial charge in [-0.2, -0.15) is 0 Å². The first-order chi connectivity index (χ1) is 16.1. The maximum absolute atomic E-state index is 11.3. The van der Waals surface area contributed by atoms with Crippen LogP contribution in [0.15, 0.2) is 66.7 Å². The molecule has 0 radical (unpaired) electrons. The Bertz CT molecular complexity index is 1130. The summed E-state index contributed by atoms with van der Waals surface area (Å²) in [4.78, 5) is 11.3. The topological polar surface area (TPSA) is 78.8 Å². The van der Waals surface area contributed by atoms with Gasteiger partial charge in [-0.25, -0.2) is 4.79 Å². The molecule has 0 aliphatic rings. The van der Waals surface area contributed by atoms with Crippen molar-refractivity contribution in [2.24, 2.45) is 0 Å². The fourth-order valence-corrected chi connectivity index (χ4v) is 4.19. The second kappa shape index (κ2) is 11.6. The highest BCUT2D eigenvalue weighted by molar-refractivity contribution is 6.30. The van der Waals surface area contributed by atoms with E-state index >= 15 is 0 Å². The monoisotopic (exact) mass is 481 g/mol. The summed E-state index contributed by atoms with van der Waals surface area (Å²) in [5.41, 5.74) is 4.84. The van der Waals surface area contributed by atoms with Gasteiger partial charge in [-0.05, 0) is 73.2 Å². The van der Waals surface area contributed by atoms with Crippen LogP contribution in [0.3, 0.4) is 0 Å². The molecular weight excluding hydrogens is 450 g/mol. The predicted octanol–water partition coefficient (Wildman–Crippen LogP) is 5.50. The largest absolute Gasteiger partial charge is 0.478 e. The van der Waals surface area contributed by atoms with Crippen molar-refractivity contribution in [1.29, 1.82) is 0 Å². The van der Waals surface area contributed by atoms with Crippen molar-refractivity contribution in [3.63, 3.8) is 0 Å². The number of aliphatic hydroxyl groups excluding tert-OH is 1. The summed E-state index contributed by atoms with van der Waals surface area (Å²) in [5.74, 6) is -0.931. The smallest absolute Gasteiger partial charge is 0.335 e. The standard InChI is InChI=1S/C28H32ClNO4/c1-19-13-21(11-12-25(19)27(32)33)26-10-5-4-8-22(26)17-34-18-24(31)16-30-28(2,3)15-20-7-6-9-23(29)14-20/h4-14,24,30-31H,15-18H2,1-3H3,(H,32,33)/t24-/m1/s1. The molecule has 0 fully saturated rings. The minimum atomic E-state index is -0.931. The van der Waals surface area contributed by atoms with Crippen molar-refractivity contribution in [2.75, 3.05) is 13.2 Å². The highest BCUT2D eigenvalue weighted by Gasteiger charge is 2.19. The number of carbonyl (C=O) groups is 1. The molecule has 180 valence electrons. The molecule has 3 N–H and O–H groups in total. The Labute approximate surface area is 206 Å². The molecule has 0 aliphatic carbocycles. The van der Waals surface area contributed by atoms with Crippen LogP contribution in [0.25, 0.3) is 11.1 Å². The van der Waals surface area contributed by atoms with Crippen LogP contribution in [0.2, 0.25) is 5.02 Å². The maximum Gasteiger partial charge on any atom is 0.335 e. The van der Waals surface area contributed by atoms with Crippen LogP contribution < -0.4 is 5.32 Å². The molecule has 0 aromatic heterocycles. The first-order valence-corrected chi connectivity index (χ1v) is 11.7. The molecule has 5 nitrogen and oxygen atoms in total. The molecule has 0 bridgehead atoms. The summed E-state index contributed by atoms with van der Waals surface area (Å²) >= 11 is 6.09. The normalized spacial score (nSPS) is 12.5. The molecule has 3 aromatic rings. The number of carboxylic acids is 1. The van der Waals surface area contributed by atoms with E-state index in [-0.39, 0.29) is 12.1 Å². The Hall–Kier alpha value is -2.70. The number of ether oxygens (including phenoxy) is 1. The number of hydrogen-bond acceptors (Lipinski definition) is 4. The van der Waals surface area contributed by atoms with Gasteiger partial charge in [-0.15, -0.1) is 0 Å². The lowest BCUT2D eigenvalue weighted by Gasteiger charge is -2.28. The molecule has 0 aliphatic heterocycles. The van der Waals surface area contributed by atoms with Crippen molar-refractivity contribution >= 4 is 17.6 Å². The SMILES string of the molecule is Cc1cc(-c2ccccc2COC[C@H](O)CNC(C)(C)Cc2cccc(Cl)c2)ccc1C(=O)O. The van der Waals surface area contributed by atoms with Crippen molar-refractivity contribution < 1.29 is 19.7 Å². The Balaban J connectivity index is 1.53. The number of aryl methyl sites for hydroxylation is 1. The highest BCUT2D eigenvalue weighted by atomic mass is 35.5. The van der Waals surface area contributed by atoms with Crippen molar-refractivity contribution in [1.82, 2.24) is 5.32 Å². The van der Waals surface area contributed by atoms with Gasteiger partial charge in [0.1, 0.15) is 0 Å². The first kappa shape index (κ1) is 25.9. The van der Waals surface area contributed by atoms with E-state index in [2.05, 4.69) is 19.2 Å². The molecule has 0 amide bonds. The van der Waals surface area contributed by atoms with Gasteiger partial charge in [0.25, 0.3) is 0 Å². The van der Waals surface area contributed by atoms with Crippen LogP contribution in [-0.4, -0.2) is 41.0 Å². The van der Waals surface area contributed by atoms with Gasteiger partial charge in [-0.3, -0.25) is 0 Å². The summed E-state index contributed by atoms with van der Waals surface area (Å²) in [6.07, 6.45) is 0.136. The first-order valence-electron chi connectivity index (χ1n) is 11.3. The molecule has 0 unspecified atom stereocenters. The zero-order chi connectivity index (χ0) is 24.7. The number of nitrogens with one attached hydrogen (secondary N) is 1. The number of β-amino-alcohol motifs (C(OH)–C–C–N with tert-alkyl or cyclic N) is 1. The summed E-state index contributed by atoms with van der Waals surface area (Å²) in [6.45, 7) is 6.93. The number of aliphatic hydroxyl groups is 1. The Morgan fingerprint density at radius 1 is 1.09 bits per heavy atom. The Morgan fingerprint density at radius 2 is 1.85 bits per heavy atom. The Kier molecular flexibility index (Phi) is 8.86. The number of hydrogen-bond donors (Lipinski definition) is 3. The minimum Gasteiger partial charge on any atom is -0.478 e. The number of benzene rings is 3. The average Bonchev–Trinajstić information content (AvgIpc) is 2.77. The summed E-state index contributed by atoms with van der Waals surface area (Å²) in [6, 6.07) is 21.0. The molecule has 0 saturated heterocycles. The number of aromatic carboxylic acids is 1. The summed E-state index contributed by atoms with van der Waals surface area (Å²) in [5, 5.41) is 23.8. The van der Waals surface area contributed by atoms with E-state index in [0.29, 0.717) is 24.3 Å². The lowest BCUT2D eigenvalue weighted by Crippen LogP contribution is -2.45. The molecule has 0 saturated carbocycles. The lowest BCUT2D eigenvalue weighted by molar-refractivity contribution is 0.0258. The third-order valence-corrected chi connectivity index (χ3v) is 5.94. The van der Waals surface area contributed by atoms with E-state index in [9.17, 15) is 15.0 Å². The zero-order valence-corrected chi connectivity index (χ0v) is 20.6. The van der Waals surface area contributed by atoms with Gasteiger partial charge < -0.3 is 20.3 Å². The fraction of sp³-hybridized carbons (Fsp3) is 0.321. The molecule has 0 spiro atoms. The van der Waals surface area contributed by atoms with Crippen LogP contribution in [-0.2, 0) is 17.8 Å². The fourth-order valence-electron chi connectivity index (χ4n) is 3.98. The molecule has 1 atom stereocenters. The molecule has 6 heteroatoms. The van der Waals surface area contributed by atoms with Crippen molar-refractivity contribution in [2.45, 2.75) is 45.4 Å². The third kappa shape index (κ3) is 7.40. The number of halogens is 1. The van der Waals surface area contributed by atoms with Crippen molar-refractivity contribution in [3.8, 4) is 11.1 Å². The Morgan fingerprint density at radius 3 is 2.56 bits per heavy atom. The van der Waals surface area contributed by atoms with E-state index in [1.54, 1.807) is 13.0 Å². The van der Waals surface area contributed by atoms with Gasteiger partial charge in [0.05, 0.1) is 24.9 Å². The van der Waals surface area contributed by atoms with E-state index in [1.165, 1.54) is 0 Å². The van der Waals surface area contributed by atoms with E-state index in [0.717, 1.165) is 33.7 Å². The van der Waals surface area contributed by atoms with Gasteiger partial charge in [0.15, 0.2) is 0 Å². The van der Waals surface area contributed by atoms with E-state index < -0.39 is 12.1 Å². The average molecular weight is 482 g/mol. The van der Waals surface area contributed by atoms with Crippen LogP contribution >= 0.6 is 11.6 Å². The predicted molar refractivity (Wildman–Crippen MR) is 136 cm³/mol. The van der Waals surface area contributed by atoms with Crippen LogP contribution in [0.1, 0.15) is 40.9 Å². The quantitative estimate of drug-likeness (QED) is 0.337. The molecule has 34 heavy (non-hydrogen) atoms. The maximum atomic E-state index is 11.3. The van der Waals surface area contributed by atoms with Gasteiger partial charge in [-0.1, -0.05) is 60.1 Å². The third-order valence-electron chi connectivity index (χ3n) is 5.70. The number of carboxylic acid groups (broad SMARTS) is 1. The highest BCUT2D eigenvalue weighted by Crippen LogP contribution is 2.26. The van der Waals surface area contributed by atoms with Crippen LogP contribution in [0, 0.1) is 6.92 Å². The molecule has 3 rings (SSSR count). The zero-order valence-electron chi connectivity index (χ0n) is 19.8. The van der Waals surface area contributed by atoms with Crippen LogP contribution in [0.4, 0.5) is 0 Å². The molecule has 0 heterocycles. The molecular formula is C28H32ClNO4. The van der Waals surface area contributed by atoms with Crippen LogP contribution in [0.5, 0.6) is 0 Å². The van der Waals surface area contributed by atoms with Crippen molar-refractivity contribution in [3.05, 3.63) is 94.0 Å². The minimum absolute atomic E-state index is 0.200. The van der Waals surface area contributed by atoms with Gasteiger partial charge in [0, 0.05) is 17.1 Å². The second-order valence-electron chi connectivity index (χ2n) is 9.23. The van der Waals surface area contributed by atoms with Gasteiger partial charge in [0.2, 0.25) is 0 Å². The lowest BCUT2D eigenvalue weighted by atomic mass is 9.95. The summed E-state index contributed by atoms with van der Waals surface area (Å²) < 4.78 is 5.83. The molecule has 3 aromatic carbocycles. The van der Waals surface area contributed by atoms with E-state index in [4.69, 9.17) is 16.3 Å². The van der Waals surface area contributed by atoms with E-state index in [1.807, 2.05) is 60.7 Å². The second-order valence-corrected chi connectivity index (χ2v) is 9.67. The summed E-state index contributed by atoms with van der Waals surface area (Å²) in [7, 11) is 0. The van der Waals surface area contributed by atoms with Gasteiger partial charge >= 0.3 is 5.97 Å². The number of rotatable bonds is 11.